The van der Waals surface area contributed by atoms with Crippen LogP contribution in [0, 0.1) is 13.8 Å². The predicted molar refractivity (Wildman–Crippen MR) is 137 cm³/mol. The number of amides is 1. The number of nitrogens with zero attached hydrogens (tertiary/aromatic N) is 6. The van der Waals surface area contributed by atoms with Gasteiger partial charge in [0.1, 0.15) is 16.5 Å². The van der Waals surface area contributed by atoms with Gasteiger partial charge in [-0.3, -0.25) is 14.6 Å². The number of likely N-dealkylation sites (tertiary alicyclic amines) is 1. The van der Waals surface area contributed by atoms with Gasteiger partial charge >= 0.3 is 0 Å². The van der Waals surface area contributed by atoms with Crippen LogP contribution < -0.4 is 4.90 Å². The topological polar surface area (TPSA) is 65.0 Å². The van der Waals surface area contributed by atoms with E-state index in [9.17, 15) is 4.79 Å². The number of rotatable bonds is 5. The van der Waals surface area contributed by atoms with Crippen LogP contribution in [0.1, 0.15) is 41.9 Å². The average molecular weight is 487 g/mol. The second-order valence-corrected chi connectivity index (χ2v) is 11.1. The van der Waals surface area contributed by atoms with Gasteiger partial charge < -0.3 is 14.5 Å². The highest BCUT2D eigenvalue weighted by molar-refractivity contribution is 7.18. The monoisotopic (exact) mass is 486 g/mol. The molecule has 0 atom stereocenters. The van der Waals surface area contributed by atoms with Crippen molar-refractivity contribution in [1.29, 1.82) is 0 Å². The molecule has 0 bridgehead atoms. The summed E-state index contributed by atoms with van der Waals surface area (Å²) in [6, 6.07) is 0. The van der Waals surface area contributed by atoms with E-state index >= 15 is 0 Å². The Kier molecular flexibility index (Phi) is 7.63. The summed E-state index contributed by atoms with van der Waals surface area (Å²) in [5.74, 6) is 2.29. The van der Waals surface area contributed by atoms with Gasteiger partial charge in [0.15, 0.2) is 0 Å². The molecule has 3 fully saturated rings. The minimum Gasteiger partial charge on any atom is -0.379 e. The van der Waals surface area contributed by atoms with Crippen molar-refractivity contribution in [3.63, 3.8) is 0 Å². The summed E-state index contributed by atoms with van der Waals surface area (Å²) < 4.78 is 5.51. The Bertz CT molecular complexity index is 989. The number of hydrogen-bond donors (Lipinski definition) is 0. The SMILES string of the molecule is Cc1sc2nc(CN3CCOCC3)nc(N3CCN(CC(=O)N4CCCCCC4)CC3)c2c1C. The fourth-order valence-electron chi connectivity index (χ4n) is 5.26. The molecule has 5 heterocycles. The van der Waals surface area contributed by atoms with E-state index in [-0.39, 0.29) is 0 Å². The first-order valence-electron chi connectivity index (χ1n) is 12.9. The maximum atomic E-state index is 12.9. The predicted octanol–water partition coefficient (Wildman–Crippen LogP) is 2.66. The number of carbonyl (C=O) groups is 1. The summed E-state index contributed by atoms with van der Waals surface area (Å²) in [5, 5.41) is 1.21. The maximum Gasteiger partial charge on any atom is 0.236 e. The van der Waals surface area contributed by atoms with E-state index in [1.165, 1.54) is 28.7 Å². The van der Waals surface area contributed by atoms with Gasteiger partial charge in [0.2, 0.25) is 5.91 Å². The van der Waals surface area contributed by atoms with Crippen LogP contribution >= 0.6 is 11.3 Å². The number of ether oxygens (including phenoxy) is 1. The summed E-state index contributed by atoms with van der Waals surface area (Å²) in [6.07, 6.45) is 4.81. The van der Waals surface area contributed by atoms with E-state index in [0.29, 0.717) is 12.5 Å². The molecule has 1 amide bonds. The van der Waals surface area contributed by atoms with E-state index in [2.05, 4.69) is 33.4 Å². The highest BCUT2D eigenvalue weighted by Gasteiger charge is 2.26. The molecule has 0 saturated carbocycles. The molecule has 3 aliphatic rings. The van der Waals surface area contributed by atoms with Crippen molar-refractivity contribution in [1.82, 2.24) is 24.7 Å². The van der Waals surface area contributed by atoms with Crippen LogP contribution in [0.3, 0.4) is 0 Å². The molecule has 0 spiro atoms. The average Bonchev–Trinajstić information content (AvgIpc) is 3.01. The lowest BCUT2D eigenvalue weighted by Gasteiger charge is -2.36. The Morgan fingerprint density at radius 1 is 0.882 bits per heavy atom. The smallest absolute Gasteiger partial charge is 0.236 e. The lowest BCUT2D eigenvalue weighted by Crippen LogP contribution is -2.50. The molecule has 34 heavy (non-hydrogen) atoms. The van der Waals surface area contributed by atoms with Crippen molar-refractivity contribution < 1.29 is 9.53 Å². The van der Waals surface area contributed by atoms with Crippen LogP contribution in [0.2, 0.25) is 0 Å². The van der Waals surface area contributed by atoms with E-state index in [0.717, 1.165) is 101 Å². The summed E-state index contributed by atoms with van der Waals surface area (Å²) in [4.78, 5) is 34.6. The van der Waals surface area contributed by atoms with Gasteiger partial charge in [-0.15, -0.1) is 11.3 Å². The Balaban J connectivity index is 1.28. The molecule has 2 aromatic rings. The zero-order chi connectivity index (χ0) is 23.5. The zero-order valence-electron chi connectivity index (χ0n) is 20.7. The Morgan fingerprint density at radius 3 is 2.29 bits per heavy atom. The van der Waals surface area contributed by atoms with Crippen LogP contribution in [0.4, 0.5) is 5.82 Å². The highest BCUT2D eigenvalue weighted by atomic mass is 32.1. The van der Waals surface area contributed by atoms with Gasteiger partial charge in [-0.2, -0.15) is 0 Å². The van der Waals surface area contributed by atoms with E-state index in [1.807, 2.05) is 0 Å². The van der Waals surface area contributed by atoms with Gasteiger partial charge in [-0.1, -0.05) is 12.8 Å². The number of thiophene rings is 1. The van der Waals surface area contributed by atoms with Crippen LogP contribution in [0.25, 0.3) is 10.2 Å². The molecule has 8 nitrogen and oxygen atoms in total. The molecular weight excluding hydrogens is 448 g/mol. The first-order valence-corrected chi connectivity index (χ1v) is 13.7. The molecule has 0 unspecified atom stereocenters. The number of hydrogen-bond acceptors (Lipinski definition) is 8. The molecule has 2 aromatic heterocycles. The highest BCUT2D eigenvalue weighted by Crippen LogP contribution is 2.35. The summed E-state index contributed by atoms with van der Waals surface area (Å²) in [6.45, 7) is 14.6. The fraction of sp³-hybridized carbons (Fsp3) is 0.720. The van der Waals surface area contributed by atoms with Crippen LogP contribution in [-0.4, -0.2) is 103 Å². The Morgan fingerprint density at radius 2 is 1.59 bits per heavy atom. The molecular formula is C25H38N6O2S. The second kappa shape index (κ2) is 10.8. The van der Waals surface area contributed by atoms with Gasteiger partial charge in [-0.05, 0) is 32.3 Å². The number of aryl methyl sites for hydroxylation is 2. The van der Waals surface area contributed by atoms with Crippen molar-refractivity contribution in [2.45, 2.75) is 46.1 Å². The third-order valence-electron chi connectivity index (χ3n) is 7.51. The number of piperazine rings is 1. The third kappa shape index (κ3) is 5.37. The first-order chi connectivity index (χ1) is 16.6. The maximum absolute atomic E-state index is 12.9. The zero-order valence-corrected chi connectivity index (χ0v) is 21.5. The van der Waals surface area contributed by atoms with Crippen LogP contribution in [0.5, 0.6) is 0 Å². The van der Waals surface area contributed by atoms with Crippen LogP contribution in [-0.2, 0) is 16.1 Å². The lowest BCUT2D eigenvalue weighted by atomic mass is 10.2. The summed E-state index contributed by atoms with van der Waals surface area (Å²) >= 11 is 1.78. The Labute approximate surface area is 206 Å². The molecule has 5 rings (SSSR count). The molecule has 0 aliphatic carbocycles. The van der Waals surface area contributed by atoms with Crippen molar-refractivity contribution in [3.05, 3.63) is 16.3 Å². The molecule has 0 N–H and O–H groups in total. The first kappa shape index (κ1) is 23.9. The molecule has 0 aromatic carbocycles. The third-order valence-corrected chi connectivity index (χ3v) is 8.62. The van der Waals surface area contributed by atoms with Crippen molar-refractivity contribution in [2.24, 2.45) is 0 Å². The number of aromatic nitrogens is 2. The van der Waals surface area contributed by atoms with Gasteiger partial charge in [-0.25, -0.2) is 9.97 Å². The van der Waals surface area contributed by atoms with Crippen molar-refractivity contribution in [2.75, 3.05) is 77.0 Å². The van der Waals surface area contributed by atoms with Gasteiger partial charge in [0, 0.05) is 57.2 Å². The van der Waals surface area contributed by atoms with Crippen LogP contribution in [0.15, 0.2) is 0 Å². The molecule has 186 valence electrons. The standard InChI is InChI=1S/C25H38N6O2S/c1-19-20(2)34-25-23(19)24(26-21(27-25)17-29-13-15-33-16-14-29)31-11-9-28(10-12-31)18-22(32)30-7-5-3-4-6-8-30/h3-18H2,1-2H3. The number of fused-ring (bicyclic) bond motifs is 1. The minimum atomic E-state index is 0.303. The number of morpholine rings is 1. The normalized spacial score (nSPS) is 21.2. The van der Waals surface area contributed by atoms with E-state index in [1.54, 1.807) is 11.3 Å². The number of anilines is 1. The molecule has 3 saturated heterocycles. The van der Waals surface area contributed by atoms with Crippen molar-refractivity contribution in [3.8, 4) is 0 Å². The quantitative estimate of drug-likeness (QED) is 0.644. The largest absolute Gasteiger partial charge is 0.379 e. The lowest BCUT2D eigenvalue weighted by molar-refractivity contribution is -0.132. The Hall–Kier alpha value is -1.81. The summed E-state index contributed by atoms with van der Waals surface area (Å²) in [5.41, 5.74) is 1.30. The van der Waals surface area contributed by atoms with Gasteiger partial charge in [0.05, 0.1) is 31.7 Å². The van der Waals surface area contributed by atoms with E-state index < -0.39 is 0 Å². The van der Waals surface area contributed by atoms with Crippen molar-refractivity contribution >= 4 is 33.3 Å². The minimum absolute atomic E-state index is 0.303. The summed E-state index contributed by atoms with van der Waals surface area (Å²) in [7, 11) is 0. The molecule has 9 heteroatoms. The second-order valence-electron chi connectivity index (χ2n) is 9.87. The van der Waals surface area contributed by atoms with Gasteiger partial charge in [0.25, 0.3) is 0 Å². The fourth-order valence-corrected chi connectivity index (χ4v) is 6.30. The number of carbonyl (C=O) groups excluding carboxylic acids is 1. The molecule has 3 aliphatic heterocycles. The molecule has 0 radical (unpaired) electrons. The van der Waals surface area contributed by atoms with E-state index in [4.69, 9.17) is 14.7 Å².